The highest BCUT2D eigenvalue weighted by Crippen LogP contribution is 2.56. The lowest BCUT2D eigenvalue weighted by molar-refractivity contribution is -0.142. The van der Waals surface area contributed by atoms with Crippen molar-refractivity contribution in [3.8, 4) is 0 Å². The van der Waals surface area contributed by atoms with E-state index in [2.05, 4.69) is 13.0 Å². The molecule has 3 aliphatic rings. The third-order valence-corrected chi connectivity index (χ3v) is 4.27. The number of allylic oxidation sites excluding steroid dienone is 2. The third-order valence-electron chi connectivity index (χ3n) is 4.27. The standard InChI is InChI=1S/C12H16O3/c1-12(10(15-12)11(13)14-2)9-6-7-3-4-8(9)5-7/h3,8-10H,4-6H2,1-2H3. The molecule has 0 aromatic heterocycles. The second-order valence-corrected chi connectivity index (χ2v) is 5.08. The molecule has 0 aromatic carbocycles. The number of rotatable bonds is 2. The van der Waals surface area contributed by atoms with Gasteiger partial charge in [-0.1, -0.05) is 11.6 Å². The van der Waals surface area contributed by atoms with Crippen molar-refractivity contribution in [1.29, 1.82) is 0 Å². The number of methoxy groups -OCH3 is 1. The average molecular weight is 208 g/mol. The summed E-state index contributed by atoms with van der Waals surface area (Å²) in [6.45, 7) is 2.06. The first kappa shape index (κ1) is 9.40. The van der Waals surface area contributed by atoms with Crippen molar-refractivity contribution in [1.82, 2.24) is 0 Å². The van der Waals surface area contributed by atoms with Crippen LogP contribution in [0.2, 0.25) is 0 Å². The van der Waals surface area contributed by atoms with Crippen molar-refractivity contribution in [3.05, 3.63) is 11.6 Å². The molecule has 1 heterocycles. The minimum atomic E-state index is -0.313. The van der Waals surface area contributed by atoms with Crippen molar-refractivity contribution in [2.75, 3.05) is 7.11 Å². The molecule has 15 heavy (non-hydrogen) atoms. The summed E-state index contributed by atoms with van der Waals surface area (Å²) >= 11 is 0. The Balaban J connectivity index is 1.75. The van der Waals surface area contributed by atoms with Crippen LogP contribution >= 0.6 is 0 Å². The molecule has 1 aliphatic heterocycles. The third kappa shape index (κ3) is 1.19. The zero-order valence-corrected chi connectivity index (χ0v) is 9.16. The molecule has 1 saturated heterocycles. The van der Waals surface area contributed by atoms with Crippen molar-refractivity contribution < 1.29 is 14.3 Å². The van der Waals surface area contributed by atoms with E-state index in [4.69, 9.17) is 9.47 Å². The number of hydrogen-bond acceptors (Lipinski definition) is 3. The van der Waals surface area contributed by atoms with Crippen LogP contribution in [0.15, 0.2) is 11.6 Å². The molecule has 0 amide bonds. The van der Waals surface area contributed by atoms with Crippen LogP contribution in [0.4, 0.5) is 0 Å². The van der Waals surface area contributed by atoms with Crippen LogP contribution in [0.5, 0.6) is 0 Å². The van der Waals surface area contributed by atoms with Gasteiger partial charge in [-0.15, -0.1) is 0 Å². The fraction of sp³-hybridized carbons (Fsp3) is 0.750. The highest BCUT2D eigenvalue weighted by Gasteiger charge is 2.65. The van der Waals surface area contributed by atoms with Crippen molar-refractivity contribution in [2.45, 2.75) is 37.9 Å². The van der Waals surface area contributed by atoms with Gasteiger partial charge in [-0.05, 0) is 38.0 Å². The average Bonchev–Trinajstić information content (AvgIpc) is 2.68. The fourth-order valence-electron chi connectivity index (χ4n) is 3.31. The Bertz CT molecular complexity index is 347. The van der Waals surface area contributed by atoms with Crippen molar-refractivity contribution in [3.63, 3.8) is 0 Å². The van der Waals surface area contributed by atoms with E-state index >= 15 is 0 Å². The summed E-state index contributed by atoms with van der Waals surface area (Å²) < 4.78 is 10.3. The quantitative estimate of drug-likeness (QED) is 0.393. The van der Waals surface area contributed by atoms with Gasteiger partial charge in [0.2, 0.25) is 0 Å². The van der Waals surface area contributed by atoms with Gasteiger partial charge < -0.3 is 9.47 Å². The molecule has 3 nitrogen and oxygen atoms in total. The van der Waals surface area contributed by atoms with E-state index in [1.807, 2.05) is 0 Å². The molecule has 0 spiro atoms. The van der Waals surface area contributed by atoms with E-state index in [1.54, 1.807) is 5.57 Å². The molecule has 2 aliphatic carbocycles. The number of hydrogen-bond donors (Lipinski definition) is 0. The molecule has 82 valence electrons. The first-order chi connectivity index (χ1) is 7.15. The van der Waals surface area contributed by atoms with E-state index in [0.717, 1.165) is 6.42 Å². The molecule has 4 unspecified atom stereocenters. The summed E-state index contributed by atoms with van der Waals surface area (Å²) in [5, 5.41) is 0. The van der Waals surface area contributed by atoms with Crippen LogP contribution in [-0.2, 0) is 14.3 Å². The maximum absolute atomic E-state index is 11.4. The van der Waals surface area contributed by atoms with Crippen LogP contribution < -0.4 is 0 Å². The van der Waals surface area contributed by atoms with Gasteiger partial charge in [0.05, 0.1) is 7.11 Å². The van der Waals surface area contributed by atoms with Crippen LogP contribution in [-0.4, -0.2) is 24.8 Å². The predicted molar refractivity (Wildman–Crippen MR) is 54.2 cm³/mol. The number of esters is 1. The summed E-state index contributed by atoms with van der Waals surface area (Å²) in [6, 6.07) is 0. The molecule has 4 atom stereocenters. The summed E-state index contributed by atoms with van der Waals surface area (Å²) in [5.41, 5.74) is 1.32. The Labute approximate surface area is 89.4 Å². The van der Waals surface area contributed by atoms with E-state index in [-0.39, 0.29) is 17.7 Å². The largest absolute Gasteiger partial charge is 0.467 e. The van der Waals surface area contributed by atoms with E-state index in [1.165, 1.54) is 20.0 Å². The van der Waals surface area contributed by atoms with Crippen LogP contribution in [0.1, 0.15) is 26.2 Å². The van der Waals surface area contributed by atoms with Gasteiger partial charge in [-0.25, -0.2) is 4.79 Å². The monoisotopic (exact) mass is 208 g/mol. The second kappa shape index (κ2) is 2.85. The minimum Gasteiger partial charge on any atom is -0.467 e. The van der Waals surface area contributed by atoms with E-state index in [9.17, 15) is 4.79 Å². The van der Waals surface area contributed by atoms with Gasteiger partial charge in [0.15, 0.2) is 6.10 Å². The van der Waals surface area contributed by atoms with Crippen LogP contribution in [0.25, 0.3) is 0 Å². The number of epoxide rings is 1. The predicted octanol–water partition coefficient (Wildman–Crippen LogP) is 1.67. The Morgan fingerprint density at radius 1 is 1.60 bits per heavy atom. The first-order valence-electron chi connectivity index (χ1n) is 5.58. The zero-order valence-electron chi connectivity index (χ0n) is 9.16. The minimum absolute atomic E-state index is 0.214. The van der Waals surface area contributed by atoms with E-state index < -0.39 is 0 Å². The van der Waals surface area contributed by atoms with Gasteiger partial charge in [-0.3, -0.25) is 0 Å². The molecule has 0 radical (unpaired) electrons. The lowest BCUT2D eigenvalue weighted by atomic mass is 9.80. The van der Waals surface area contributed by atoms with E-state index in [0.29, 0.717) is 11.8 Å². The molecule has 0 N–H and O–H groups in total. The molecule has 2 fully saturated rings. The van der Waals surface area contributed by atoms with Gasteiger partial charge in [-0.2, -0.15) is 0 Å². The molecule has 0 aromatic rings. The number of fused-ring (bicyclic) bond motifs is 2. The lowest BCUT2D eigenvalue weighted by Crippen LogP contribution is -2.30. The highest BCUT2D eigenvalue weighted by atomic mass is 16.7. The van der Waals surface area contributed by atoms with Gasteiger partial charge >= 0.3 is 5.97 Å². The summed E-state index contributed by atoms with van der Waals surface area (Å²) in [4.78, 5) is 11.4. The number of carbonyl (C=O) groups is 1. The highest BCUT2D eigenvalue weighted by molar-refractivity contribution is 5.79. The SMILES string of the molecule is COC(=O)C1OC1(C)C1CC2=CCC1C2. The van der Waals surface area contributed by atoms with Crippen LogP contribution in [0, 0.1) is 11.8 Å². The Kier molecular flexibility index (Phi) is 1.78. The van der Waals surface area contributed by atoms with Crippen molar-refractivity contribution >= 4 is 5.97 Å². The van der Waals surface area contributed by atoms with Crippen LogP contribution in [0.3, 0.4) is 0 Å². The molecule has 1 saturated carbocycles. The maximum atomic E-state index is 11.4. The topological polar surface area (TPSA) is 38.8 Å². The number of ether oxygens (including phenoxy) is 2. The smallest absolute Gasteiger partial charge is 0.338 e. The normalized spacial score (nSPS) is 46.5. The zero-order chi connectivity index (χ0) is 10.6. The summed E-state index contributed by atoms with van der Waals surface area (Å²) in [7, 11) is 1.42. The molecule has 3 rings (SSSR count). The second-order valence-electron chi connectivity index (χ2n) is 5.08. The summed E-state index contributed by atoms with van der Waals surface area (Å²) in [6.07, 6.45) is 5.55. The van der Waals surface area contributed by atoms with Gasteiger partial charge in [0, 0.05) is 0 Å². The Morgan fingerprint density at radius 2 is 2.40 bits per heavy atom. The lowest BCUT2D eigenvalue weighted by Gasteiger charge is -2.23. The van der Waals surface area contributed by atoms with Gasteiger partial charge in [0.1, 0.15) is 5.60 Å². The van der Waals surface area contributed by atoms with Gasteiger partial charge in [0.25, 0.3) is 0 Å². The molecular weight excluding hydrogens is 192 g/mol. The Morgan fingerprint density at radius 3 is 2.93 bits per heavy atom. The summed E-state index contributed by atoms with van der Waals surface area (Å²) in [5.74, 6) is 1.02. The van der Waals surface area contributed by atoms with Crippen molar-refractivity contribution in [2.24, 2.45) is 11.8 Å². The fourth-order valence-corrected chi connectivity index (χ4v) is 3.31. The molecule has 2 bridgehead atoms. The first-order valence-corrected chi connectivity index (χ1v) is 5.58. The molecule has 3 heteroatoms. The maximum Gasteiger partial charge on any atom is 0.338 e. The number of carbonyl (C=O) groups excluding carboxylic acids is 1. The Hall–Kier alpha value is -0.830. The molecular formula is C12H16O3.